The number of hydrogen-bond donors (Lipinski definition) is 2. The van der Waals surface area contributed by atoms with E-state index in [4.69, 9.17) is 4.74 Å². The fraction of sp³-hybridized carbons (Fsp3) is 0.533. The van der Waals surface area contributed by atoms with Gasteiger partial charge in [0.05, 0.1) is 6.61 Å². The Hall–Kier alpha value is -1.55. The van der Waals surface area contributed by atoms with Crippen LogP contribution in [0.25, 0.3) is 0 Å². The summed E-state index contributed by atoms with van der Waals surface area (Å²) < 4.78 is 5.19. The third-order valence-electron chi connectivity index (χ3n) is 2.68. The molecule has 4 heteroatoms. The lowest BCUT2D eigenvalue weighted by Crippen LogP contribution is -2.27. The van der Waals surface area contributed by atoms with E-state index < -0.39 is 11.7 Å². The van der Waals surface area contributed by atoms with Crippen molar-refractivity contribution in [3.8, 4) is 0 Å². The Kier molecular flexibility index (Phi) is 4.58. The predicted molar refractivity (Wildman–Crippen MR) is 76.4 cm³/mol. The van der Waals surface area contributed by atoms with Crippen LogP contribution in [0.15, 0.2) is 24.3 Å². The van der Waals surface area contributed by atoms with Crippen LogP contribution in [-0.2, 0) is 10.2 Å². The van der Waals surface area contributed by atoms with Gasteiger partial charge in [0, 0.05) is 11.1 Å². The molecule has 2 N–H and O–H groups in total. The summed E-state index contributed by atoms with van der Waals surface area (Å²) in [6, 6.07) is 7.41. The number of carbonyl (C=O) groups excluding carboxylic acids is 1. The van der Waals surface area contributed by atoms with Gasteiger partial charge in [-0.25, -0.2) is 4.79 Å². The summed E-state index contributed by atoms with van der Waals surface area (Å²) in [4.78, 5) is 11.7. The van der Waals surface area contributed by atoms with Crippen LogP contribution in [0.1, 0.15) is 40.2 Å². The fourth-order valence-electron chi connectivity index (χ4n) is 1.53. The SMILES string of the molecule is CC(C)(C)OC(=O)Nc1cccc(C(C)(C)CO)c1. The number of amides is 1. The highest BCUT2D eigenvalue weighted by atomic mass is 16.6. The summed E-state index contributed by atoms with van der Waals surface area (Å²) in [6.07, 6.45) is -0.480. The lowest BCUT2D eigenvalue weighted by molar-refractivity contribution is 0.0636. The topological polar surface area (TPSA) is 58.6 Å². The third-order valence-corrected chi connectivity index (χ3v) is 2.68. The van der Waals surface area contributed by atoms with E-state index in [0.717, 1.165) is 5.56 Å². The summed E-state index contributed by atoms with van der Waals surface area (Å²) in [5.74, 6) is 0. The van der Waals surface area contributed by atoms with Crippen molar-refractivity contribution in [1.82, 2.24) is 0 Å². The Morgan fingerprint density at radius 2 is 1.89 bits per heavy atom. The molecule has 0 aliphatic carbocycles. The van der Waals surface area contributed by atoms with Gasteiger partial charge in [-0.15, -0.1) is 0 Å². The van der Waals surface area contributed by atoms with Gasteiger partial charge in [-0.2, -0.15) is 0 Å². The van der Waals surface area contributed by atoms with Gasteiger partial charge in [0.1, 0.15) is 5.60 Å². The van der Waals surface area contributed by atoms with Crippen LogP contribution in [0.2, 0.25) is 0 Å². The van der Waals surface area contributed by atoms with Gasteiger partial charge in [-0.1, -0.05) is 26.0 Å². The van der Waals surface area contributed by atoms with Crippen molar-refractivity contribution < 1.29 is 14.6 Å². The molecule has 0 saturated carbocycles. The third kappa shape index (κ3) is 4.91. The van der Waals surface area contributed by atoms with Gasteiger partial charge in [0.15, 0.2) is 0 Å². The zero-order valence-corrected chi connectivity index (χ0v) is 12.3. The van der Waals surface area contributed by atoms with Crippen molar-refractivity contribution in [1.29, 1.82) is 0 Å². The van der Waals surface area contributed by atoms with Crippen LogP contribution in [0, 0.1) is 0 Å². The predicted octanol–water partition coefficient (Wildman–Crippen LogP) is 3.30. The summed E-state index contributed by atoms with van der Waals surface area (Å²) in [7, 11) is 0. The molecule has 1 amide bonds. The maximum absolute atomic E-state index is 11.7. The minimum absolute atomic E-state index is 0.0445. The van der Waals surface area contributed by atoms with Crippen molar-refractivity contribution >= 4 is 11.8 Å². The molecule has 1 aromatic carbocycles. The van der Waals surface area contributed by atoms with E-state index in [1.54, 1.807) is 6.07 Å². The van der Waals surface area contributed by atoms with E-state index >= 15 is 0 Å². The van der Waals surface area contributed by atoms with Crippen LogP contribution >= 0.6 is 0 Å². The maximum atomic E-state index is 11.7. The summed E-state index contributed by atoms with van der Waals surface area (Å²) >= 11 is 0. The molecule has 0 heterocycles. The highest BCUT2D eigenvalue weighted by molar-refractivity contribution is 5.85. The van der Waals surface area contributed by atoms with E-state index in [2.05, 4.69) is 5.32 Å². The van der Waals surface area contributed by atoms with Gasteiger partial charge in [0.25, 0.3) is 0 Å². The fourth-order valence-corrected chi connectivity index (χ4v) is 1.53. The monoisotopic (exact) mass is 265 g/mol. The largest absolute Gasteiger partial charge is 0.444 e. The van der Waals surface area contributed by atoms with Crippen molar-refractivity contribution in [2.45, 2.75) is 45.6 Å². The van der Waals surface area contributed by atoms with Crippen molar-refractivity contribution in [3.05, 3.63) is 29.8 Å². The average molecular weight is 265 g/mol. The van der Waals surface area contributed by atoms with Crippen LogP contribution in [0.5, 0.6) is 0 Å². The molecule has 0 spiro atoms. The summed E-state index contributed by atoms with van der Waals surface area (Å²) in [5, 5.41) is 12.1. The summed E-state index contributed by atoms with van der Waals surface area (Å²) in [6.45, 7) is 9.38. The molecule has 1 rings (SSSR count). The van der Waals surface area contributed by atoms with E-state index in [1.165, 1.54) is 0 Å². The Morgan fingerprint density at radius 3 is 2.42 bits per heavy atom. The average Bonchev–Trinajstić information content (AvgIpc) is 2.26. The smallest absolute Gasteiger partial charge is 0.412 e. The van der Waals surface area contributed by atoms with Crippen molar-refractivity contribution in [3.63, 3.8) is 0 Å². The first-order valence-corrected chi connectivity index (χ1v) is 6.35. The number of carbonyl (C=O) groups is 1. The number of nitrogens with one attached hydrogen (secondary N) is 1. The van der Waals surface area contributed by atoms with Crippen LogP contribution < -0.4 is 5.32 Å². The Labute approximate surface area is 114 Å². The molecule has 0 aliphatic rings. The highest BCUT2D eigenvalue weighted by Crippen LogP contribution is 2.25. The molecule has 0 saturated heterocycles. The quantitative estimate of drug-likeness (QED) is 0.881. The van der Waals surface area contributed by atoms with Gasteiger partial charge < -0.3 is 9.84 Å². The lowest BCUT2D eigenvalue weighted by atomic mass is 9.85. The van der Waals surface area contributed by atoms with Crippen LogP contribution in [0.3, 0.4) is 0 Å². The first-order valence-electron chi connectivity index (χ1n) is 6.35. The zero-order chi connectivity index (χ0) is 14.7. The second kappa shape index (κ2) is 5.61. The van der Waals surface area contributed by atoms with E-state index in [0.29, 0.717) is 5.69 Å². The molecule has 19 heavy (non-hydrogen) atoms. The minimum atomic E-state index is -0.522. The molecular formula is C15H23NO3. The molecule has 0 unspecified atom stereocenters. The first kappa shape index (κ1) is 15.5. The number of ether oxygens (including phenoxy) is 1. The van der Waals surface area contributed by atoms with Crippen LogP contribution in [0.4, 0.5) is 10.5 Å². The van der Waals surface area contributed by atoms with Crippen LogP contribution in [-0.4, -0.2) is 23.4 Å². The van der Waals surface area contributed by atoms with E-state index in [9.17, 15) is 9.90 Å². The number of aliphatic hydroxyl groups is 1. The van der Waals surface area contributed by atoms with Gasteiger partial charge >= 0.3 is 6.09 Å². The van der Waals surface area contributed by atoms with Crippen molar-refractivity contribution in [2.24, 2.45) is 0 Å². The second-order valence-electron chi connectivity index (χ2n) is 6.25. The lowest BCUT2D eigenvalue weighted by Gasteiger charge is -2.23. The molecule has 1 aromatic rings. The Bertz CT molecular complexity index is 447. The Morgan fingerprint density at radius 1 is 1.26 bits per heavy atom. The molecule has 4 nitrogen and oxygen atoms in total. The van der Waals surface area contributed by atoms with E-state index in [1.807, 2.05) is 52.8 Å². The molecule has 0 fully saturated rings. The molecule has 0 aromatic heterocycles. The zero-order valence-electron chi connectivity index (χ0n) is 12.3. The normalized spacial score (nSPS) is 12.1. The molecule has 106 valence electrons. The Balaban J connectivity index is 2.81. The number of benzene rings is 1. The molecule has 0 atom stereocenters. The van der Waals surface area contributed by atoms with Gasteiger partial charge in [-0.3, -0.25) is 5.32 Å². The first-order chi connectivity index (χ1) is 8.64. The second-order valence-corrected chi connectivity index (χ2v) is 6.25. The molecular weight excluding hydrogens is 242 g/mol. The minimum Gasteiger partial charge on any atom is -0.444 e. The standard InChI is InChI=1S/C15H23NO3/c1-14(2,3)19-13(18)16-12-8-6-7-11(9-12)15(4,5)10-17/h6-9,17H,10H2,1-5H3,(H,16,18). The number of rotatable bonds is 3. The van der Waals surface area contributed by atoms with Gasteiger partial charge in [-0.05, 0) is 38.5 Å². The molecule has 0 radical (unpaired) electrons. The maximum Gasteiger partial charge on any atom is 0.412 e. The number of anilines is 1. The van der Waals surface area contributed by atoms with Crippen molar-refractivity contribution in [2.75, 3.05) is 11.9 Å². The number of aliphatic hydroxyl groups excluding tert-OH is 1. The number of hydrogen-bond acceptors (Lipinski definition) is 3. The highest BCUT2D eigenvalue weighted by Gasteiger charge is 2.20. The molecule has 0 bridgehead atoms. The summed E-state index contributed by atoms with van der Waals surface area (Å²) in [5.41, 5.74) is 0.759. The van der Waals surface area contributed by atoms with E-state index in [-0.39, 0.29) is 12.0 Å². The van der Waals surface area contributed by atoms with Gasteiger partial charge in [0.2, 0.25) is 0 Å². The molecule has 0 aliphatic heterocycles.